The Kier molecular flexibility index (Phi) is 14.5. The van der Waals surface area contributed by atoms with Crippen LogP contribution in [0.15, 0.2) is 67.0 Å². The zero-order valence-corrected chi connectivity index (χ0v) is 33.7. The third-order valence-corrected chi connectivity index (χ3v) is 10.9. The lowest BCUT2D eigenvalue weighted by Crippen LogP contribution is -2.51. The number of aliphatic hydroxyl groups excluding tert-OH is 1. The number of benzene rings is 3. The number of primary amides is 1. The Morgan fingerprint density at radius 1 is 0.982 bits per heavy atom. The van der Waals surface area contributed by atoms with Crippen molar-refractivity contribution < 1.29 is 43.9 Å². The Bertz CT molecular complexity index is 2100. The van der Waals surface area contributed by atoms with Crippen molar-refractivity contribution in [3.05, 3.63) is 105 Å². The number of ether oxygens (including phenoxy) is 3. The molecule has 0 radical (unpaired) electrons. The van der Waals surface area contributed by atoms with Crippen LogP contribution in [0, 0.1) is 6.92 Å². The van der Waals surface area contributed by atoms with Crippen LogP contribution >= 0.6 is 23.2 Å². The Labute approximate surface area is 341 Å². The maximum absolute atomic E-state index is 12.3. The quantitative estimate of drug-likeness (QED) is 0.0681. The van der Waals surface area contributed by atoms with E-state index < -0.39 is 29.6 Å². The monoisotopic (exact) mass is 822 g/mol. The molecule has 1 fully saturated rings. The second-order valence-corrected chi connectivity index (χ2v) is 15.3. The van der Waals surface area contributed by atoms with E-state index in [2.05, 4.69) is 10.3 Å². The molecule has 6 N–H and O–H groups in total. The van der Waals surface area contributed by atoms with Gasteiger partial charge in [0.25, 0.3) is 0 Å². The zero-order chi connectivity index (χ0) is 41.3. The van der Waals surface area contributed by atoms with Crippen molar-refractivity contribution in [1.82, 2.24) is 15.2 Å². The van der Waals surface area contributed by atoms with Gasteiger partial charge >= 0.3 is 5.97 Å². The standard InChI is InChI=1S/C42H48Cl2N4O9/c1-26-29(7-4-8-32(26)33-9-5-10-35(39(33)44)55-14-6-12-48-13-11-42(54,24-48)18-38(51)52)23-57-37-17-36(56-22-28-15-31(40(45)53)20-46-19-28)30(16-34(37)43)21-47-41(3,25-49)27(2)50/h4-5,7-10,15-17,19-20,47,49,54H,6,11-14,18,21-25H2,1-3H3,(H2,45,53)(H,51,52)/t41-,42?/m0/s1. The third kappa shape index (κ3) is 11.2. The molecule has 3 aromatic carbocycles. The summed E-state index contributed by atoms with van der Waals surface area (Å²) in [5, 5.41) is 33.4. The van der Waals surface area contributed by atoms with E-state index in [4.69, 9.17) is 48.3 Å². The molecule has 304 valence electrons. The van der Waals surface area contributed by atoms with Crippen molar-refractivity contribution in [2.75, 3.05) is 32.8 Å². The van der Waals surface area contributed by atoms with Gasteiger partial charge in [-0.05, 0) is 68.5 Å². The molecule has 1 saturated heterocycles. The first-order valence-corrected chi connectivity index (χ1v) is 19.2. The van der Waals surface area contributed by atoms with E-state index in [9.17, 15) is 24.6 Å². The molecule has 0 spiro atoms. The average molecular weight is 824 g/mol. The topological polar surface area (TPSA) is 194 Å². The summed E-state index contributed by atoms with van der Waals surface area (Å²) in [6, 6.07) is 16.4. The van der Waals surface area contributed by atoms with Crippen LogP contribution in [0.5, 0.6) is 17.2 Å². The van der Waals surface area contributed by atoms with E-state index >= 15 is 0 Å². The molecule has 13 nitrogen and oxygen atoms in total. The number of ketones is 1. The highest BCUT2D eigenvalue weighted by Crippen LogP contribution is 2.39. The summed E-state index contributed by atoms with van der Waals surface area (Å²) in [5.74, 6) is -0.594. The number of aliphatic hydroxyl groups is 2. The van der Waals surface area contributed by atoms with Crippen LogP contribution in [0.3, 0.4) is 0 Å². The number of halogens is 2. The minimum absolute atomic E-state index is 0.0360. The number of carboxylic acid groups (broad SMARTS) is 1. The summed E-state index contributed by atoms with van der Waals surface area (Å²) in [6.45, 7) is 6.88. The number of carbonyl (C=O) groups excluding carboxylic acids is 2. The van der Waals surface area contributed by atoms with Gasteiger partial charge in [0.2, 0.25) is 5.91 Å². The third-order valence-electron chi connectivity index (χ3n) is 10.2. The minimum atomic E-state index is -1.20. The lowest BCUT2D eigenvalue weighted by atomic mass is 9.96. The molecule has 4 aromatic rings. The van der Waals surface area contributed by atoms with E-state index in [0.29, 0.717) is 77.5 Å². The summed E-state index contributed by atoms with van der Waals surface area (Å²) in [7, 11) is 0. The molecule has 0 bridgehead atoms. The van der Waals surface area contributed by atoms with Crippen molar-refractivity contribution in [2.24, 2.45) is 5.73 Å². The number of pyridine rings is 1. The highest BCUT2D eigenvalue weighted by Gasteiger charge is 2.37. The molecule has 0 saturated carbocycles. The lowest BCUT2D eigenvalue weighted by molar-refractivity contribution is -0.142. The Morgan fingerprint density at radius 3 is 2.44 bits per heavy atom. The second kappa shape index (κ2) is 19.1. The van der Waals surface area contributed by atoms with Crippen LogP contribution in [-0.2, 0) is 29.3 Å². The van der Waals surface area contributed by atoms with Crippen LogP contribution in [0.25, 0.3) is 11.1 Å². The molecular weight excluding hydrogens is 775 g/mol. The molecule has 1 aromatic heterocycles. The van der Waals surface area contributed by atoms with Gasteiger partial charge in [-0.3, -0.25) is 24.7 Å². The molecule has 1 aliphatic heterocycles. The van der Waals surface area contributed by atoms with Crippen LogP contribution in [0.4, 0.5) is 0 Å². The van der Waals surface area contributed by atoms with Gasteiger partial charge in [-0.15, -0.1) is 0 Å². The van der Waals surface area contributed by atoms with Crippen LogP contribution < -0.4 is 25.3 Å². The number of carboxylic acids is 1. The maximum atomic E-state index is 12.3. The van der Waals surface area contributed by atoms with Gasteiger partial charge in [0.15, 0.2) is 5.78 Å². The zero-order valence-electron chi connectivity index (χ0n) is 32.1. The number of likely N-dealkylation sites (tertiary alicyclic amines) is 1. The fourth-order valence-corrected chi connectivity index (χ4v) is 7.07. The number of Topliss-reactive ketones (excluding diaryl/α,β-unsaturated/α-hetero) is 1. The molecule has 2 heterocycles. The second-order valence-electron chi connectivity index (χ2n) is 14.5. The van der Waals surface area contributed by atoms with Gasteiger partial charge in [-0.25, -0.2) is 0 Å². The van der Waals surface area contributed by atoms with Gasteiger partial charge in [0, 0.05) is 61.3 Å². The smallest absolute Gasteiger partial charge is 0.306 e. The maximum Gasteiger partial charge on any atom is 0.306 e. The number of hydrogen-bond donors (Lipinski definition) is 5. The molecule has 2 atom stereocenters. The van der Waals surface area contributed by atoms with Crippen molar-refractivity contribution >= 4 is 40.9 Å². The fraction of sp³-hybridized carbons (Fsp3) is 0.381. The molecule has 1 aliphatic rings. The SMILES string of the molecule is CC(=O)[C@](C)(CO)NCc1cc(Cl)c(OCc2cccc(-c3cccc(OCCCN4CCC(O)(CC(=O)O)C4)c3Cl)c2C)cc1OCc1cncc(C(N)=O)c1. The van der Waals surface area contributed by atoms with Crippen molar-refractivity contribution in [3.8, 4) is 28.4 Å². The van der Waals surface area contributed by atoms with E-state index in [-0.39, 0.29) is 37.5 Å². The minimum Gasteiger partial charge on any atom is -0.492 e. The summed E-state index contributed by atoms with van der Waals surface area (Å²) >= 11 is 13.7. The predicted octanol–water partition coefficient (Wildman–Crippen LogP) is 5.73. The first-order valence-electron chi connectivity index (χ1n) is 18.5. The normalized spacial score (nSPS) is 16.5. The lowest BCUT2D eigenvalue weighted by Gasteiger charge is -2.26. The van der Waals surface area contributed by atoms with Gasteiger partial charge < -0.3 is 40.2 Å². The highest BCUT2D eigenvalue weighted by molar-refractivity contribution is 6.35. The molecule has 5 rings (SSSR count). The summed E-state index contributed by atoms with van der Waals surface area (Å²) in [5.41, 5.74) is 7.97. The first-order chi connectivity index (χ1) is 27.1. The van der Waals surface area contributed by atoms with E-state index in [0.717, 1.165) is 22.3 Å². The number of carbonyl (C=O) groups is 3. The van der Waals surface area contributed by atoms with E-state index in [1.807, 2.05) is 48.2 Å². The number of β-amino-alcohol motifs (C(OH)–C–C–N with tert-alkyl or cyclic N) is 1. The number of aliphatic carboxylic acids is 1. The molecule has 15 heteroatoms. The van der Waals surface area contributed by atoms with Crippen LogP contribution in [-0.4, -0.2) is 86.9 Å². The van der Waals surface area contributed by atoms with Crippen LogP contribution in [0.1, 0.15) is 65.7 Å². The molecular formula is C42H48Cl2N4O9. The number of rotatable bonds is 20. The number of amides is 1. The number of nitrogens with one attached hydrogen (secondary N) is 1. The average Bonchev–Trinajstić information content (AvgIpc) is 3.54. The van der Waals surface area contributed by atoms with Crippen LogP contribution in [0.2, 0.25) is 10.0 Å². The first kappa shape index (κ1) is 43.4. The summed E-state index contributed by atoms with van der Waals surface area (Å²) in [4.78, 5) is 41.2. The predicted molar refractivity (Wildman–Crippen MR) is 216 cm³/mol. The van der Waals surface area contributed by atoms with Crippen molar-refractivity contribution in [2.45, 2.75) is 70.9 Å². The summed E-state index contributed by atoms with van der Waals surface area (Å²) < 4.78 is 18.6. The largest absolute Gasteiger partial charge is 0.492 e. The highest BCUT2D eigenvalue weighted by atomic mass is 35.5. The van der Waals surface area contributed by atoms with Gasteiger partial charge in [0.1, 0.15) is 30.5 Å². The van der Waals surface area contributed by atoms with Gasteiger partial charge in [-0.2, -0.15) is 0 Å². The number of nitrogens with two attached hydrogens (primary N) is 1. The Morgan fingerprint density at radius 2 is 1.72 bits per heavy atom. The van der Waals surface area contributed by atoms with Gasteiger partial charge in [-0.1, -0.05) is 53.5 Å². The number of hydrogen-bond acceptors (Lipinski definition) is 11. The molecule has 0 aliphatic carbocycles. The fourth-order valence-electron chi connectivity index (χ4n) is 6.55. The Hall–Kier alpha value is -4.76. The molecule has 57 heavy (non-hydrogen) atoms. The molecule has 1 amide bonds. The molecule has 1 unspecified atom stereocenters. The van der Waals surface area contributed by atoms with E-state index in [1.165, 1.54) is 13.1 Å². The van der Waals surface area contributed by atoms with Crippen molar-refractivity contribution in [1.29, 1.82) is 0 Å². The number of nitrogens with zero attached hydrogens (tertiary/aromatic N) is 2. The van der Waals surface area contributed by atoms with Gasteiger partial charge in [0.05, 0.1) is 46.4 Å². The summed E-state index contributed by atoms with van der Waals surface area (Å²) in [6.07, 6.45) is 3.76. The van der Waals surface area contributed by atoms with E-state index in [1.54, 1.807) is 31.3 Å². The Balaban J connectivity index is 1.29. The number of aromatic nitrogens is 1. The van der Waals surface area contributed by atoms with Crippen molar-refractivity contribution in [3.63, 3.8) is 0 Å².